The number of esters is 1. The highest BCUT2D eigenvalue weighted by atomic mass is 19.1. The number of ether oxygens (including phenoxy) is 1. The molecule has 2 aliphatic heterocycles. The molecule has 1 aliphatic carbocycles. The number of aryl methyl sites for hydroxylation is 1. The summed E-state index contributed by atoms with van der Waals surface area (Å²) in [7, 11) is 0. The van der Waals surface area contributed by atoms with Gasteiger partial charge >= 0.3 is 5.97 Å². The number of nitrogens with one attached hydrogen (secondary N) is 1. The number of rotatable bonds is 4. The van der Waals surface area contributed by atoms with E-state index >= 15 is 0 Å². The number of nitrogens with zero attached hydrogens (tertiary/aromatic N) is 2. The molecule has 0 unspecified atom stereocenters. The van der Waals surface area contributed by atoms with E-state index in [0.29, 0.717) is 41.9 Å². The van der Waals surface area contributed by atoms with Crippen molar-refractivity contribution in [3.05, 3.63) is 61.7 Å². The van der Waals surface area contributed by atoms with Crippen molar-refractivity contribution in [2.24, 2.45) is 0 Å². The van der Waals surface area contributed by atoms with Gasteiger partial charge in [0.25, 0.3) is 5.56 Å². The van der Waals surface area contributed by atoms with Crippen LogP contribution in [0.3, 0.4) is 0 Å². The summed E-state index contributed by atoms with van der Waals surface area (Å²) in [5.74, 6) is -1.10. The highest BCUT2D eigenvalue weighted by Gasteiger charge is 2.46. The van der Waals surface area contributed by atoms with Gasteiger partial charge in [-0.05, 0) is 55.9 Å². The average Bonchev–Trinajstić information content (AvgIpc) is 3.23. The van der Waals surface area contributed by atoms with E-state index in [1.165, 1.54) is 6.07 Å². The van der Waals surface area contributed by atoms with Gasteiger partial charge in [-0.3, -0.25) is 4.79 Å². The first-order chi connectivity index (χ1) is 17.1. The standard InChI is InChI=1S/C27H28FN3O5/c1-4-27(35)17-9-20-23-15(11-31(20)24(33)16(17)12-36-25(27)34)22-21-14(5-6-26(22,3)29-7-8-32)13(2)18(28)10-19(21)30-23/h9-10,29,32,35H,4-8,11-12H2,1-3H3/t26-,27+/m1/s1. The Morgan fingerprint density at radius 2 is 2.03 bits per heavy atom. The number of hydrogen-bond donors (Lipinski definition) is 3. The normalized spacial score (nSPS) is 23.9. The maximum atomic E-state index is 14.9. The van der Waals surface area contributed by atoms with Crippen LogP contribution >= 0.6 is 0 Å². The van der Waals surface area contributed by atoms with Crippen molar-refractivity contribution in [3.63, 3.8) is 0 Å². The van der Waals surface area contributed by atoms with Crippen molar-refractivity contribution in [2.75, 3.05) is 13.2 Å². The van der Waals surface area contributed by atoms with Crippen molar-refractivity contribution in [1.82, 2.24) is 14.9 Å². The van der Waals surface area contributed by atoms with E-state index in [9.17, 15) is 24.2 Å². The lowest BCUT2D eigenvalue weighted by molar-refractivity contribution is -0.172. The Labute approximate surface area is 206 Å². The quantitative estimate of drug-likeness (QED) is 0.374. The smallest absolute Gasteiger partial charge is 0.343 e. The van der Waals surface area contributed by atoms with Crippen LogP contribution in [-0.2, 0) is 40.2 Å². The number of cyclic esters (lactones) is 1. The van der Waals surface area contributed by atoms with Crippen LogP contribution in [0.1, 0.15) is 60.1 Å². The minimum atomic E-state index is -1.91. The van der Waals surface area contributed by atoms with Gasteiger partial charge in [-0.25, -0.2) is 14.2 Å². The summed E-state index contributed by atoms with van der Waals surface area (Å²) in [5.41, 5.74) is 2.60. The van der Waals surface area contributed by atoms with Crippen molar-refractivity contribution in [2.45, 2.75) is 64.3 Å². The molecule has 3 N–H and O–H groups in total. The summed E-state index contributed by atoms with van der Waals surface area (Å²) in [5, 5.41) is 25.0. The molecule has 1 aromatic carbocycles. The number of aliphatic hydroxyl groups is 2. The Bertz CT molecular complexity index is 1550. The molecule has 2 aromatic heterocycles. The Hall–Kier alpha value is -3.14. The summed E-state index contributed by atoms with van der Waals surface area (Å²) in [6.45, 7) is 5.93. The van der Waals surface area contributed by atoms with Crippen LogP contribution in [0, 0.1) is 12.7 Å². The lowest BCUT2D eigenvalue weighted by Gasteiger charge is -2.38. The second kappa shape index (κ2) is 7.68. The van der Waals surface area contributed by atoms with Gasteiger partial charge in [0.05, 0.1) is 35.6 Å². The van der Waals surface area contributed by atoms with Crippen molar-refractivity contribution in [3.8, 4) is 11.4 Å². The summed E-state index contributed by atoms with van der Waals surface area (Å²) < 4.78 is 21.7. The number of carbonyl (C=O) groups is 1. The molecule has 0 amide bonds. The molecule has 3 aliphatic rings. The predicted molar refractivity (Wildman–Crippen MR) is 130 cm³/mol. The predicted octanol–water partition coefficient (Wildman–Crippen LogP) is 2.27. The van der Waals surface area contributed by atoms with Crippen LogP contribution in [0.25, 0.3) is 22.3 Å². The topological polar surface area (TPSA) is 114 Å². The van der Waals surface area contributed by atoms with Crippen LogP contribution in [0.5, 0.6) is 0 Å². The second-order valence-corrected chi connectivity index (χ2v) is 10.3. The summed E-state index contributed by atoms with van der Waals surface area (Å²) >= 11 is 0. The lowest BCUT2D eigenvalue weighted by atomic mass is 9.74. The van der Waals surface area contributed by atoms with E-state index in [1.54, 1.807) is 24.5 Å². The summed E-state index contributed by atoms with van der Waals surface area (Å²) in [6.07, 6.45) is 1.41. The molecule has 0 saturated heterocycles. The van der Waals surface area contributed by atoms with Crippen LogP contribution in [0.2, 0.25) is 0 Å². The molecule has 0 saturated carbocycles. The fourth-order valence-corrected chi connectivity index (χ4v) is 6.32. The molecule has 2 atom stereocenters. The maximum absolute atomic E-state index is 14.9. The van der Waals surface area contributed by atoms with E-state index in [0.717, 1.165) is 22.1 Å². The van der Waals surface area contributed by atoms with Gasteiger partial charge < -0.3 is 24.8 Å². The number of fused-ring (bicyclic) bond motifs is 5. The number of carbonyl (C=O) groups excluding carboxylic acids is 1. The molecule has 9 heteroatoms. The van der Waals surface area contributed by atoms with Gasteiger partial charge in [-0.1, -0.05) is 6.92 Å². The highest BCUT2D eigenvalue weighted by Crippen LogP contribution is 2.47. The fraction of sp³-hybridized carbons (Fsp3) is 0.444. The molecule has 8 nitrogen and oxygen atoms in total. The molecule has 36 heavy (non-hydrogen) atoms. The van der Waals surface area contributed by atoms with E-state index in [2.05, 4.69) is 12.2 Å². The Balaban J connectivity index is 1.69. The first-order valence-corrected chi connectivity index (χ1v) is 12.3. The van der Waals surface area contributed by atoms with E-state index < -0.39 is 17.1 Å². The lowest BCUT2D eigenvalue weighted by Crippen LogP contribution is -2.44. The third kappa shape index (κ3) is 2.87. The summed E-state index contributed by atoms with van der Waals surface area (Å²) in [4.78, 5) is 31.0. The molecule has 0 spiro atoms. The van der Waals surface area contributed by atoms with Crippen LogP contribution in [0.4, 0.5) is 4.39 Å². The molecular weight excluding hydrogens is 465 g/mol. The maximum Gasteiger partial charge on any atom is 0.343 e. The number of hydrogen-bond acceptors (Lipinski definition) is 7. The Morgan fingerprint density at radius 1 is 1.25 bits per heavy atom. The van der Waals surface area contributed by atoms with Gasteiger partial charge in [-0.15, -0.1) is 0 Å². The summed E-state index contributed by atoms with van der Waals surface area (Å²) in [6, 6.07) is 3.11. The minimum absolute atomic E-state index is 0.0304. The number of pyridine rings is 2. The first-order valence-electron chi connectivity index (χ1n) is 12.3. The van der Waals surface area contributed by atoms with Crippen molar-refractivity contribution < 1.29 is 24.1 Å². The van der Waals surface area contributed by atoms with Gasteiger partial charge in [0.15, 0.2) is 5.60 Å². The van der Waals surface area contributed by atoms with Gasteiger partial charge in [0, 0.05) is 34.7 Å². The van der Waals surface area contributed by atoms with Gasteiger partial charge in [-0.2, -0.15) is 0 Å². The largest absolute Gasteiger partial charge is 0.458 e. The van der Waals surface area contributed by atoms with E-state index in [4.69, 9.17) is 9.72 Å². The zero-order valence-electron chi connectivity index (χ0n) is 20.5. The third-order valence-electron chi connectivity index (χ3n) is 8.36. The second-order valence-electron chi connectivity index (χ2n) is 10.3. The molecular formula is C27H28FN3O5. The van der Waals surface area contributed by atoms with E-state index in [1.807, 2.05) is 0 Å². The average molecular weight is 494 g/mol. The SMILES string of the molecule is CC[C@@]1(O)C(=O)OCc2c1cc1n(c2=O)Cc2c-1nc1cc(F)c(C)c3c1c2[C@](C)(NCCO)CC3. The zero-order chi connectivity index (χ0) is 25.6. The highest BCUT2D eigenvalue weighted by molar-refractivity contribution is 5.93. The van der Waals surface area contributed by atoms with Crippen LogP contribution in [-0.4, -0.2) is 38.9 Å². The third-order valence-corrected chi connectivity index (χ3v) is 8.36. The molecule has 0 fully saturated rings. The first kappa shape index (κ1) is 23.3. The van der Waals surface area contributed by atoms with Crippen LogP contribution < -0.4 is 10.9 Å². The van der Waals surface area contributed by atoms with Gasteiger partial charge in [0.2, 0.25) is 0 Å². The van der Waals surface area contributed by atoms with Crippen molar-refractivity contribution >= 4 is 16.9 Å². The molecule has 188 valence electrons. The van der Waals surface area contributed by atoms with Gasteiger partial charge in [0.1, 0.15) is 12.4 Å². The minimum Gasteiger partial charge on any atom is -0.458 e. The molecule has 4 heterocycles. The molecule has 0 bridgehead atoms. The number of benzene rings is 1. The number of aliphatic hydroxyl groups excluding tert-OH is 1. The molecule has 6 rings (SSSR count). The number of halogens is 1. The molecule has 0 radical (unpaired) electrons. The Morgan fingerprint density at radius 3 is 2.75 bits per heavy atom. The number of aromatic nitrogens is 2. The fourth-order valence-electron chi connectivity index (χ4n) is 6.32. The van der Waals surface area contributed by atoms with Crippen LogP contribution in [0.15, 0.2) is 16.9 Å². The van der Waals surface area contributed by atoms with E-state index in [-0.39, 0.29) is 48.7 Å². The molecule has 3 aromatic rings. The Kier molecular flexibility index (Phi) is 4.96. The monoisotopic (exact) mass is 493 g/mol. The zero-order valence-corrected chi connectivity index (χ0v) is 20.5. The van der Waals surface area contributed by atoms with Crippen molar-refractivity contribution in [1.29, 1.82) is 0 Å².